The summed E-state index contributed by atoms with van der Waals surface area (Å²) >= 11 is 0. The summed E-state index contributed by atoms with van der Waals surface area (Å²) in [5, 5.41) is 8.05. The molecule has 0 saturated heterocycles. The maximum absolute atomic E-state index is 12.2. The molecule has 1 aliphatic rings. The number of rotatable bonds is 5. The van der Waals surface area contributed by atoms with Crippen LogP contribution in [0.5, 0.6) is 0 Å². The van der Waals surface area contributed by atoms with Crippen LogP contribution in [-0.2, 0) is 10.0 Å². The highest BCUT2D eigenvalue weighted by atomic mass is 32.2. The normalized spacial score (nSPS) is 18.4. The van der Waals surface area contributed by atoms with Crippen LogP contribution in [0.15, 0.2) is 17.2 Å². The molecule has 0 spiro atoms. The van der Waals surface area contributed by atoms with E-state index >= 15 is 0 Å². The fraction of sp³-hybridized carbons (Fsp3) is 0.643. The summed E-state index contributed by atoms with van der Waals surface area (Å²) in [6.07, 6.45) is 8.11. The van der Waals surface area contributed by atoms with Crippen molar-refractivity contribution < 1.29 is 13.2 Å². The van der Waals surface area contributed by atoms with Crippen molar-refractivity contribution in [2.45, 2.75) is 56.4 Å². The second-order valence-corrected chi connectivity index (χ2v) is 7.24. The number of sulfonamides is 1. The first-order valence-corrected chi connectivity index (χ1v) is 8.98. The predicted octanol–water partition coefficient (Wildman–Crippen LogP) is 1.75. The predicted molar refractivity (Wildman–Crippen MR) is 80.3 cm³/mol. The van der Waals surface area contributed by atoms with Crippen LogP contribution in [-0.4, -0.2) is 25.4 Å². The Morgan fingerprint density at radius 3 is 2.62 bits per heavy atom. The zero-order valence-electron chi connectivity index (χ0n) is 12.3. The number of nitrogens with one attached hydrogen (secondary N) is 2. The Morgan fingerprint density at radius 1 is 1.43 bits per heavy atom. The quantitative estimate of drug-likeness (QED) is 0.771. The van der Waals surface area contributed by atoms with E-state index in [0.717, 1.165) is 19.3 Å². The SMILES string of the molecule is CCC(NC(=O)c1cc(S(N)(=O)=O)c[nH]1)C1CCCCC1. The van der Waals surface area contributed by atoms with Crippen LogP contribution in [0.25, 0.3) is 0 Å². The largest absolute Gasteiger partial charge is 0.356 e. The number of primary sulfonamides is 1. The maximum atomic E-state index is 12.2. The zero-order valence-corrected chi connectivity index (χ0v) is 13.1. The van der Waals surface area contributed by atoms with Crippen molar-refractivity contribution in [3.8, 4) is 0 Å². The van der Waals surface area contributed by atoms with Crippen LogP contribution >= 0.6 is 0 Å². The molecular formula is C14H23N3O3S. The van der Waals surface area contributed by atoms with E-state index in [-0.39, 0.29) is 22.5 Å². The van der Waals surface area contributed by atoms with Gasteiger partial charge in [0.15, 0.2) is 0 Å². The molecule has 118 valence electrons. The lowest BCUT2D eigenvalue weighted by Gasteiger charge is -2.30. The van der Waals surface area contributed by atoms with E-state index in [1.807, 2.05) is 0 Å². The first-order chi connectivity index (χ1) is 9.91. The molecule has 7 heteroatoms. The van der Waals surface area contributed by atoms with Crippen molar-refractivity contribution in [2.75, 3.05) is 0 Å². The van der Waals surface area contributed by atoms with E-state index in [9.17, 15) is 13.2 Å². The van der Waals surface area contributed by atoms with Gasteiger partial charge in [-0.1, -0.05) is 26.2 Å². The van der Waals surface area contributed by atoms with Crippen LogP contribution in [0, 0.1) is 5.92 Å². The van der Waals surface area contributed by atoms with E-state index < -0.39 is 10.0 Å². The number of hydrogen-bond acceptors (Lipinski definition) is 3. The lowest BCUT2D eigenvalue weighted by Crippen LogP contribution is -2.40. The lowest BCUT2D eigenvalue weighted by molar-refractivity contribution is 0.0906. The number of carbonyl (C=O) groups excluding carboxylic acids is 1. The molecule has 1 aromatic rings. The Balaban J connectivity index is 2.03. The number of H-pyrrole nitrogens is 1. The Bertz CT molecular complexity index is 588. The van der Waals surface area contributed by atoms with E-state index in [1.165, 1.54) is 31.5 Å². The Labute approximate surface area is 125 Å². The molecule has 0 bridgehead atoms. The average Bonchev–Trinajstić information content (AvgIpc) is 2.95. The van der Waals surface area contributed by atoms with Crippen molar-refractivity contribution in [1.82, 2.24) is 10.3 Å². The van der Waals surface area contributed by atoms with Crippen molar-refractivity contribution >= 4 is 15.9 Å². The molecule has 1 amide bonds. The van der Waals surface area contributed by atoms with Gasteiger partial charge in [0.2, 0.25) is 10.0 Å². The minimum Gasteiger partial charge on any atom is -0.356 e. The minimum atomic E-state index is -3.78. The molecule has 1 heterocycles. The van der Waals surface area contributed by atoms with Crippen molar-refractivity contribution in [1.29, 1.82) is 0 Å². The van der Waals surface area contributed by atoms with Gasteiger partial charge in [0.05, 0.1) is 4.90 Å². The van der Waals surface area contributed by atoms with Gasteiger partial charge in [0.25, 0.3) is 5.91 Å². The van der Waals surface area contributed by atoms with Gasteiger partial charge in [-0.3, -0.25) is 4.79 Å². The Kier molecular flexibility index (Phi) is 5.05. The van der Waals surface area contributed by atoms with Gasteiger partial charge in [-0.15, -0.1) is 0 Å². The molecule has 1 fully saturated rings. The highest BCUT2D eigenvalue weighted by Crippen LogP contribution is 2.27. The summed E-state index contributed by atoms with van der Waals surface area (Å²) in [5.74, 6) is 0.239. The third kappa shape index (κ3) is 4.07. The van der Waals surface area contributed by atoms with Crippen LogP contribution < -0.4 is 10.5 Å². The van der Waals surface area contributed by atoms with Gasteiger partial charge in [-0.05, 0) is 31.2 Å². The summed E-state index contributed by atoms with van der Waals surface area (Å²) in [7, 11) is -3.78. The van der Waals surface area contributed by atoms with Crippen molar-refractivity contribution in [2.24, 2.45) is 11.1 Å². The topological polar surface area (TPSA) is 105 Å². The van der Waals surface area contributed by atoms with E-state index in [2.05, 4.69) is 17.2 Å². The minimum absolute atomic E-state index is 0.0710. The van der Waals surface area contributed by atoms with Gasteiger partial charge in [0.1, 0.15) is 5.69 Å². The molecule has 1 unspecified atom stereocenters. The molecule has 1 aromatic heterocycles. The van der Waals surface area contributed by atoms with E-state index in [1.54, 1.807) is 0 Å². The van der Waals surface area contributed by atoms with Crippen molar-refractivity contribution in [3.05, 3.63) is 18.0 Å². The second-order valence-electron chi connectivity index (χ2n) is 5.68. The third-order valence-electron chi connectivity index (χ3n) is 4.20. The third-order valence-corrected chi connectivity index (χ3v) is 5.10. The van der Waals surface area contributed by atoms with Crippen LogP contribution in [0.4, 0.5) is 0 Å². The fourth-order valence-electron chi connectivity index (χ4n) is 3.01. The number of aromatic amines is 1. The molecule has 1 atom stereocenters. The van der Waals surface area contributed by atoms with Gasteiger partial charge < -0.3 is 10.3 Å². The molecule has 6 nitrogen and oxygen atoms in total. The van der Waals surface area contributed by atoms with Gasteiger partial charge >= 0.3 is 0 Å². The molecular weight excluding hydrogens is 290 g/mol. The molecule has 0 aliphatic heterocycles. The monoisotopic (exact) mass is 313 g/mol. The maximum Gasteiger partial charge on any atom is 0.267 e. The lowest BCUT2D eigenvalue weighted by atomic mass is 9.83. The zero-order chi connectivity index (χ0) is 15.5. The molecule has 0 aromatic carbocycles. The summed E-state index contributed by atoms with van der Waals surface area (Å²) in [4.78, 5) is 14.8. The van der Waals surface area contributed by atoms with Crippen LogP contribution in [0.2, 0.25) is 0 Å². The molecule has 21 heavy (non-hydrogen) atoms. The number of carbonyl (C=O) groups is 1. The Morgan fingerprint density at radius 2 is 2.10 bits per heavy atom. The summed E-state index contributed by atoms with van der Waals surface area (Å²) in [5.41, 5.74) is 0.230. The number of aromatic nitrogens is 1. The number of hydrogen-bond donors (Lipinski definition) is 3. The summed E-state index contributed by atoms with van der Waals surface area (Å²) < 4.78 is 22.4. The average molecular weight is 313 g/mol. The van der Waals surface area contributed by atoms with Gasteiger partial charge in [-0.2, -0.15) is 0 Å². The molecule has 1 saturated carbocycles. The van der Waals surface area contributed by atoms with E-state index in [4.69, 9.17) is 5.14 Å². The first kappa shape index (κ1) is 16.0. The highest BCUT2D eigenvalue weighted by molar-refractivity contribution is 7.89. The molecule has 2 rings (SSSR count). The molecule has 0 radical (unpaired) electrons. The summed E-state index contributed by atoms with van der Waals surface area (Å²) in [6, 6.07) is 1.41. The first-order valence-electron chi connectivity index (χ1n) is 7.44. The van der Waals surface area contributed by atoms with Gasteiger partial charge in [0, 0.05) is 12.2 Å². The fourth-order valence-corrected chi connectivity index (χ4v) is 3.51. The highest BCUT2D eigenvalue weighted by Gasteiger charge is 2.25. The van der Waals surface area contributed by atoms with Crippen LogP contribution in [0.3, 0.4) is 0 Å². The second kappa shape index (κ2) is 6.62. The molecule has 4 N–H and O–H groups in total. The van der Waals surface area contributed by atoms with E-state index in [0.29, 0.717) is 5.92 Å². The number of amides is 1. The van der Waals surface area contributed by atoms with Gasteiger partial charge in [-0.25, -0.2) is 13.6 Å². The Hall–Kier alpha value is -1.34. The molecule has 1 aliphatic carbocycles. The number of nitrogens with two attached hydrogens (primary N) is 1. The van der Waals surface area contributed by atoms with Crippen LogP contribution in [0.1, 0.15) is 55.9 Å². The smallest absolute Gasteiger partial charge is 0.267 e. The standard InChI is InChI=1S/C14H23N3O3S/c1-2-12(10-6-4-3-5-7-10)17-14(18)13-8-11(9-16-13)21(15,19)20/h8-10,12,16H,2-7H2,1H3,(H,17,18)(H2,15,19,20). The van der Waals surface area contributed by atoms with Crippen molar-refractivity contribution in [3.63, 3.8) is 0 Å². The summed E-state index contributed by atoms with van der Waals surface area (Å²) in [6.45, 7) is 2.06.